The number of rotatable bonds is 5. The first-order chi connectivity index (χ1) is 12.7. The van der Waals surface area contributed by atoms with E-state index in [4.69, 9.17) is 14.2 Å². The van der Waals surface area contributed by atoms with Crippen molar-refractivity contribution >= 4 is 11.6 Å². The SMILES string of the molecule is CC#Cc1ccc(C2C(=O)[C@@H]3[C@H](C2=O)[C@H]2CC[C@@H]3O2)c(OCCOC)c1. The Morgan fingerprint density at radius 3 is 2.42 bits per heavy atom. The highest BCUT2D eigenvalue weighted by molar-refractivity contribution is 6.17. The molecule has 1 aliphatic carbocycles. The molecular formula is C21H22O5. The monoisotopic (exact) mass is 354 g/mol. The zero-order valence-electron chi connectivity index (χ0n) is 15.0. The Morgan fingerprint density at radius 2 is 1.81 bits per heavy atom. The molecular weight excluding hydrogens is 332 g/mol. The molecule has 2 heterocycles. The lowest BCUT2D eigenvalue weighted by Gasteiger charge is -2.17. The van der Waals surface area contributed by atoms with Crippen molar-refractivity contribution in [1.29, 1.82) is 0 Å². The molecule has 3 aliphatic rings. The summed E-state index contributed by atoms with van der Waals surface area (Å²) in [6.07, 6.45) is 1.57. The molecule has 5 heteroatoms. The highest BCUT2D eigenvalue weighted by atomic mass is 16.5. The van der Waals surface area contributed by atoms with Crippen LogP contribution >= 0.6 is 0 Å². The summed E-state index contributed by atoms with van der Waals surface area (Å²) in [7, 11) is 1.60. The second-order valence-corrected chi connectivity index (χ2v) is 7.05. The zero-order chi connectivity index (χ0) is 18.3. The Bertz CT molecular complexity index is 774. The molecule has 136 valence electrons. The van der Waals surface area contributed by atoms with E-state index in [1.165, 1.54) is 0 Å². The van der Waals surface area contributed by atoms with Gasteiger partial charge in [-0.05, 0) is 31.9 Å². The molecule has 1 unspecified atom stereocenters. The van der Waals surface area contributed by atoms with Gasteiger partial charge in [-0.2, -0.15) is 0 Å². The standard InChI is InChI=1S/C21H22O5/c1-3-4-12-5-6-13(16(11-12)25-10-9-24-2)17-20(22)18-14-7-8-15(26-14)19(18)21(17)23/h5-6,11,14-15,17-19H,7-10H2,1-2H3/t14-,15+,17?,18-,19+. The molecule has 0 N–H and O–H groups in total. The predicted molar refractivity (Wildman–Crippen MR) is 94.0 cm³/mol. The van der Waals surface area contributed by atoms with Crippen molar-refractivity contribution in [3.05, 3.63) is 29.3 Å². The van der Waals surface area contributed by atoms with Gasteiger partial charge in [0.2, 0.25) is 0 Å². The quantitative estimate of drug-likeness (QED) is 0.460. The summed E-state index contributed by atoms with van der Waals surface area (Å²) in [5, 5.41) is 0. The average molecular weight is 354 g/mol. The molecule has 2 aliphatic heterocycles. The fourth-order valence-corrected chi connectivity index (χ4v) is 4.59. The highest BCUT2D eigenvalue weighted by Crippen LogP contribution is 2.53. The Hall–Kier alpha value is -2.16. The number of methoxy groups -OCH3 is 1. The number of Topliss-reactive ketones (excluding diaryl/α,β-unsaturated/α-hetero) is 2. The van der Waals surface area contributed by atoms with Crippen LogP contribution in [-0.2, 0) is 19.1 Å². The van der Waals surface area contributed by atoms with Gasteiger partial charge in [0.1, 0.15) is 18.3 Å². The van der Waals surface area contributed by atoms with E-state index in [1.54, 1.807) is 20.1 Å². The molecule has 1 aromatic carbocycles. The van der Waals surface area contributed by atoms with E-state index in [0.717, 1.165) is 18.4 Å². The van der Waals surface area contributed by atoms with Crippen molar-refractivity contribution in [2.24, 2.45) is 11.8 Å². The molecule has 0 spiro atoms. The average Bonchev–Trinajstić information content (AvgIpc) is 3.31. The van der Waals surface area contributed by atoms with E-state index in [-0.39, 0.29) is 35.6 Å². The van der Waals surface area contributed by atoms with Gasteiger partial charge in [-0.15, -0.1) is 5.92 Å². The summed E-state index contributed by atoms with van der Waals surface area (Å²) in [6, 6.07) is 5.46. The van der Waals surface area contributed by atoms with Crippen molar-refractivity contribution in [3.8, 4) is 17.6 Å². The summed E-state index contributed by atoms with van der Waals surface area (Å²) in [6.45, 7) is 2.54. The first kappa shape index (κ1) is 17.3. The van der Waals surface area contributed by atoms with E-state index >= 15 is 0 Å². The Morgan fingerprint density at radius 1 is 1.12 bits per heavy atom. The van der Waals surface area contributed by atoms with Crippen LogP contribution in [0, 0.1) is 23.7 Å². The third-order valence-corrected chi connectivity index (χ3v) is 5.64. The van der Waals surface area contributed by atoms with Crippen molar-refractivity contribution in [2.75, 3.05) is 20.3 Å². The minimum Gasteiger partial charge on any atom is -0.491 e. The number of hydrogen-bond donors (Lipinski definition) is 0. The lowest BCUT2D eigenvalue weighted by molar-refractivity contribution is -0.127. The maximum Gasteiger partial charge on any atom is 0.154 e. The maximum absolute atomic E-state index is 13.1. The highest BCUT2D eigenvalue weighted by Gasteiger charge is 2.63. The van der Waals surface area contributed by atoms with Crippen LogP contribution in [0.1, 0.15) is 36.8 Å². The molecule has 1 saturated carbocycles. The van der Waals surface area contributed by atoms with E-state index in [0.29, 0.717) is 24.5 Å². The first-order valence-electron chi connectivity index (χ1n) is 9.07. The molecule has 5 atom stereocenters. The summed E-state index contributed by atoms with van der Waals surface area (Å²) in [5.41, 5.74) is 1.44. The Balaban J connectivity index is 1.68. The number of carbonyl (C=O) groups excluding carboxylic acids is 2. The molecule has 2 bridgehead atoms. The summed E-state index contributed by atoms with van der Waals surface area (Å²) < 4.78 is 16.7. The first-order valence-corrected chi connectivity index (χ1v) is 9.07. The van der Waals surface area contributed by atoms with Crippen LogP contribution in [0.25, 0.3) is 0 Å². The molecule has 0 amide bonds. The summed E-state index contributed by atoms with van der Waals surface area (Å²) in [5.74, 6) is 5.04. The van der Waals surface area contributed by atoms with Crippen LogP contribution in [0.2, 0.25) is 0 Å². The normalized spacial score (nSPS) is 31.7. The molecule has 0 aromatic heterocycles. The van der Waals surface area contributed by atoms with Crippen molar-refractivity contribution in [3.63, 3.8) is 0 Å². The number of benzene rings is 1. The number of ketones is 2. The summed E-state index contributed by atoms with van der Waals surface area (Å²) in [4.78, 5) is 26.1. The lowest BCUT2D eigenvalue weighted by atomic mass is 9.81. The Labute approximate surface area is 153 Å². The fraction of sp³-hybridized carbons (Fsp3) is 0.524. The van der Waals surface area contributed by atoms with Gasteiger partial charge in [0.15, 0.2) is 11.6 Å². The molecule has 2 saturated heterocycles. The molecule has 0 radical (unpaired) electrons. The van der Waals surface area contributed by atoms with Crippen molar-refractivity contribution in [1.82, 2.24) is 0 Å². The van der Waals surface area contributed by atoms with Crippen LogP contribution in [0.3, 0.4) is 0 Å². The maximum atomic E-state index is 13.1. The second kappa shape index (κ2) is 6.86. The molecule has 4 rings (SSSR count). The minimum atomic E-state index is -0.752. The van der Waals surface area contributed by atoms with Gasteiger partial charge in [-0.3, -0.25) is 9.59 Å². The van der Waals surface area contributed by atoms with Gasteiger partial charge in [0.05, 0.1) is 30.7 Å². The fourth-order valence-electron chi connectivity index (χ4n) is 4.59. The second-order valence-electron chi connectivity index (χ2n) is 7.05. The van der Waals surface area contributed by atoms with Gasteiger partial charge in [0.25, 0.3) is 0 Å². The minimum absolute atomic E-state index is 0.0156. The van der Waals surface area contributed by atoms with Gasteiger partial charge < -0.3 is 14.2 Å². The van der Waals surface area contributed by atoms with Gasteiger partial charge in [0, 0.05) is 18.2 Å². The zero-order valence-corrected chi connectivity index (χ0v) is 15.0. The van der Waals surface area contributed by atoms with Gasteiger partial charge >= 0.3 is 0 Å². The third kappa shape index (κ3) is 2.65. The van der Waals surface area contributed by atoms with Crippen LogP contribution in [0.4, 0.5) is 0 Å². The molecule has 3 fully saturated rings. The van der Waals surface area contributed by atoms with E-state index in [1.807, 2.05) is 12.1 Å². The van der Waals surface area contributed by atoms with E-state index < -0.39 is 5.92 Å². The van der Waals surface area contributed by atoms with Crippen molar-refractivity contribution < 1.29 is 23.8 Å². The molecule has 5 nitrogen and oxygen atoms in total. The van der Waals surface area contributed by atoms with Crippen LogP contribution in [-0.4, -0.2) is 44.1 Å². The third-order valence-electron chi connectivity index (χ3n) is 5.64. The number of ether oxygens (including phenoxy) is 3. The molecule has 26 heavy (non-hydrogen) atoms. The number of carbonyl (C=O) groups is 2. The smallest absolute Gasteiger partial charge is 0.154 e. The molecule has 1 aromatic rings. The van der Waals surface area contributed by atoms with E-state index in [2.05, 4.69) is 11.8 Å². The van der Waals surface area contributed by atoms with Crippen LogP contribution in [0.15, 0.2) is 18.2 Å². The largest absolute Gasteiger partial charge is 0.491 e. The lowest BCUT2D eigenvalue weighted by Crippen LogP contribution is -2.29. The van der Waals surface area contributed by atoms with Crippen molar-refractivity contribution in [2.45, 2.75) is 37.9 Å². The van der Waals surface area contributed by atoms with Crippen LogP contribution < -0.4 is 4.74 Å². The van der Waals surface area contributed by atoms with Gasteiger partial charge in [-0.1, -0.05) is 12.0 Å². The Kier molecular flexibility index (Phi) is 4.56. The topological polar surface area (TPSA) is 61.8 Å². The number of hydrogen-bond acceptors (Lipinski definition) is 5. The van der Waals surface area contributed by atoms with Crippen LogP contribution in [0.5, 0.6) is 5.75 Å². The van der Waals surface area contributed by atoms with Gasteiger partial charge in [-0.25, -0.2) is 0 Å². The number of fused-ring (bicyclic) bond motifs is 5. The summed E-state index contributed by atoms with van der Waals surface area (Å²) >= 11 is 0. The predicted octanol–water partition coefficient (Wildman–Crippen LogP) is 2.11. The van der Waals surface area contributed by atoms with E-state index in [9.17, 15) is 9.59 Å².